The molecule has 2 heteroatoms. The normalized spacial score (nSPS) is 10.9. The Labute approximate surface area is 110 Å². The van der Waals surface area contributed by atoms with E-state index in [1.54, 1.807) is 12.1 Å². The smallest absolute Gasteiger partial charge is 0.123 e. The van der Waals surface area contributed by atoms with Crippen LogP contribution in [0.25, 0.3) is 11.1 Å². The number of rotatable bonds is 2. The van der Waals surface area contributed by atoms with Crippen LogP contribution in [0.2, 0.25) is 0 Å². The van der Waals surface area contributed by atoms with E-state index in [9.17, 15) is 4.39 Å². The Kier molecular flexibility index (Phi) is 3.63. The van der Waals surface area contributed by atoms with Crippen LogP contribution in [0.3, 0.4) is 0 Å². The molecular weight excluding hydrogens is 279 g/mol. The fourth-order valence-corrected chi connectivity index (χ4v) is 2.70. The molecule has 87 valence electrons. The van der Waals surface area contributed by atoms with Gasteiger partial charge in [0.2, 0.25) is 0 Å². The molecule has 0 fully saturated rings. The van der Waals surface area contributed by atoms with Crippen LogP contribution in [0.1, 0.15) is 25.3 Å². The van der Waals surface area contributed by atoms with E-state index in [-0.39, 0.29) is 5.82 Å². The van der Waals surface area contributed by atoms with Crippen molar-refractivity contribution in [1.82, 2.24) is 0 Å². The molecule has 0 amide bonds. The lowest BCUT2D eigenvalue weighted by Crippen LogP contribution is -1.91. The van der Waals surface area contributed by atoms with Gasteiger partial charge in [-0.05, 0) is 51.2 Å². The van der Waals surface area contributed by atoms with E-state index in [1.165, 1.54) is 17.7 Å². The zero-order valence-electron chi connectivity index (χ0n) is 9.80. The van der Waals surface area contributed by atoms with Crippen molar-refractivity contribution in [2.75, 3.05) is 0 Å². The van der Waals surface area contributed by atoms with Crippen molar-refractivity contribution in [1.29, 1.82) is 0 Å². The van der Waals surface area contributed by atoms with Gasteiger partial charge in [-0.2, -0.15) is 0 Å². The monoisotopic (exact) mass is 291 g/mol. The third kappa shape index (κ3) is 2.58. The van der Waals surface area contributed by atoms with Gasteiger partial charge in [-0.25, -0.2) is 4.39 Å². The van der Waals surface area contributed by atoms with Crippen molar-refractivity contribution in [3.8, 4) is 11.1 Å². The molecule has 0 heterocycles. The third-order valence-electron chi connectivity index (χ3n) is 2.72. The summed E-state index contributed by atoms with van der Waals surface area (Å²) in [6.07, 6.45) is 0. The summed E-state index contributed by atoms with van der Waals surface area (Å²) < 4.78 is 13.9. The van der Waals surface area contributed by atoms with E-state index in [0.29, 0.717) is 5.92 Å². The van der Waals surface area contributed by atoms with Gasteiger partial charge in [-0.1, -0.05) is 38.1 Å². The van der Waals surface area contributed by atoms with E-state index >= 15 is 0 Å². The predicted octanol–water partition coefficient (Wildman–Crippen LogP) is 5.18. The zero-order chi connectivity index (χ0) is 12.4. The highest BCUT2D eigenvalue weighted by molar-refractivity contribution is 9.10. The first-order valence-electron chi connectivity index (χ1n) is 5.55. The summed E-state index contributed by atoms with van der Waals surface area (Å²) >= 11 is 3.61. The molecule has 1 radical (unpaired) electrons. The van der Waals surface area contributed by atoms with E-state index < -0.39 is 0 Å². The van der Waals surface area contributed by atoms with E-state index in [4.69, 9.17) is 0 Å². The Morgan fingerprint density at radius 1 is 1.12 bits per heavy atom. The minimum absolute atomic E-state index is 0.218. The Bertz CT molecular complexity index is 515. The van der Waals surface area contributed by atoms with Crippen LogP contribution in [0.5, 0.6) is 0 Å². The molecule has 0 aliphatic rings. The highest BCUT2D eigenvalue weighted by atomic mass is 79.9. The van der Waals surface area contributed by atoms with Gasteiger partial charge in [0.25, 0.3) is 0 Å². The molecule has 0 bridgehead atoms. The van der Waals surface area contributed by atoms with E-state index in [0.717, 1.165) is 15.6 Å². The summed E-state index contributed by atoms with van der Waals surface area (Å²) in [6.45, 7) is 4.29. The molecule has 0 unspecified atom stereocenters. The molecule has 0 nitrogen and oxygen atoms in total. The summed E-state index contributed by atoms with van der Waals surface area (Å²) in [5.74, 6) is 0.225. The summed E-state index contributed by atoms with van der Waals surface area (Å²) in [5.41, 5.74) is 3.19. The molecule has 0 saturated heterocycles. The van der Waals surface area contributed by atoms with Gasteiger partial charge < -0.3 is 0 Å². The topological polar surface area (TPSA) is 0 Å². The maximum Gasteiger partial charge on any atom is 0.123 e. The molecule has 0 aliphatic heterocycles. The first-order valence-corrected chi connectivity index (χ1v) is 6.35. The van der Waals surface area contributed by atoms with Crippen LogP contribution in [-0.4, -0.2) is 0 Å². The molecule has 2 rings (SSSR count). The molecule has 17 heavy (non-hydrogen) atoms. The first-order chi connectivity index (χ1) is 8.09. The van der Waals surface area contributed by atoms with Crippen molar-refractivity contribution in [2.45, 2.75) is 19.8 Å². The van der Waals surface area contributed by atoms with E-state index in [1.807, 2.05) is 6.07 Å². The predicted molar refractivity (Wildman–Crippen MR) is 72.5 cm³/mol. The molecule has 0 aliphatic carbocycles. The van der Waals surface area contributed by atoms with Crippen molar-refractivity contribution < 1.29 is 4.39 Å². The lowest BCUT2D eigenvalue weighted by atomic mass is 9.97. The van der Waals surface area contributed by atoms with Gasteiger partial charge in [-0.15, -0.1) is 0 Å². The van der Waals surface area contributed by atoms with Gasteiger partial charge >= 0.3 is 0 Å². The minimum Gasteiger partial charge on any atom is -0.207 e. The largest absolute Gasteiger partial charge is 0.207 e. The van der Waals surface area contributed by atoms with Crippen LogP contribution < -0.4 is 0 Å². The van der Waals surface area contributed by atoms with Gasteiger partial charge in [0, 0.05) is 10.0 Å². The average molecular weight is 292 g/mol. The second-order valence-electron chi connectivity index (χ2n) is 4.28. The summed E-state index contributed by atoms with van der Waals surface area (Å²) in [7, 11) is 0. The number of benzene rings is 2. The molecule has 0 saturated carbocycles. The zero-order valence-corrected chi connectivity index (χ0v) is 11.4. The van der Waals surface area contributed by atoms with E-state index in [2.05, 4.69) is 41.9 Å². The van der Waals surface area contributed by atoms with Crippen LogP contribution in [0, 0.1) is 11.9 Å². The fourth-order valence-electron chi connectivity index (χ4n) is 1.77. The second kappa shape index (κ2) is 5.01. The summed E-state index contributed by atoms with van der Waals surface area (Å²) in [6, 6.07) is 13.7. The highest BCUT2D eigenvalue weighted by Crippen LogP contribution is 2.34. The molecule has 0 aromatic heterocycles. The van der Waals surface area contributed by atoms with Crippen LogP contribution in [0.4, 0.5) is 4.39 Å². The van der Waals surface area contributed by atoms with Gasteiger partial charge in [0.1, 0.15) is 5.82 Å². The Morgan fingerprint density at radius 3 is 2.35 bits per heavy atom. The quantitative estimate of drug-likeness (QED) is 0.715. The Balaban J connectivity index is 2.52. The lowest BCUT2D eigenvalue weighted by molar-refractivity contribution is 0.628. The minimum atomic E-state index is -0.218. The lowest BCUT2D eigenvalue weighted by Gasteiger charge is -2.12. The van der Waals surface area contributed by atoms with Crippen molar-refractivity contribution in [2.24, 2.45) is 0 Å². The second-order valence-corrected chi connectivity index (χ2v) is 5.08. The third-order valence-corrected chi connectivity index (χ3v) is 3.57. The number of halogens is 2. The van der Waals surface area contributed by atoms with Crippen molar-refractivity contribution >= 4 is 15.9 Å². The van der Waals surface area contributed by atoms with Crippen LogP contribution in [0.15, 0.2) is 40.9 Å². The highest BCUT2D eigenvalue weighted by Gasteiger charge is 2.10. The van der Waals surface area contributed by atoms with Gasteiger partial charge in [-0.3, -0.25) is 0 Å². The maximum atomic E-state index is 12.9. The van der Waals surface area contributed by atoms with Crippen molar-refractivity contribution in [3.05, 3.63) is 58.3 Å². The van der Waals surface area contributed by atoms with Gasteiger partial charge in [0.15, 0.2) is 0 Å². The summed E-state index contributed by atoms with van der Waals surface area (Å²) in [5, 5.41) is 0. The number of hydrogen-bond donors (Lipinski definition) is 0. The Hall–Kier alpha value is -1.15. The SMILES string of the molecule is CC(C)c1cc[c]c(-c2ccc(F)cc2)c1Br. The fraction of sp³-hybridized carbons (Fsp3) is 0.200. The molecule has 0 atom stereocenters. The maximum absolute atomic E-state index is 12.9. The molecule has 2 aromatic carbocycles. The van der Waals surface area contributed by atoms with Crippen LogP contribution >= 0.6 is 15.9 Å². The van der Waals surface area contributed by atoms with Gasteiger partial charge in [0.05, 0.1) is 0 Å². The molecule has 2 aromatic rings. The first kappa shape index (κ1) is 12.3. The molecule has 0 spiro atoms. The molecular formula is C15H13BrF. The summed E-state index contributed by atoms with van der Waals surface area (Å²) in [4.78, 5) is 0. The standard InChI is InChI=1S/C15H13BrF/c1-10(2)13-4-3-5-14(15(13)16)11-6-8-12(17)9-7-11/h3-4,6-10H,1-2H3. The van der Waals surface area contributed by atoms with Crippen LogP contribution in [-0.2, 0) is 0 Å². The average Bonchev–Trinajstić information content (AvgIpc) is 2.30. The van der Waals surface area contributed by atoms with Crippen molar-refractivity contribution in [3.63, 3.8) is 0 Å². The molecule has 0 N–H and O–H groups in total. The Morgan fingerprint density at radius 2 is 1.76 bits per heavy atom. The number of hydrogen-bond acceptors (Lipinski definition) is 0.